The van der Waals surface area contributed by atoms with E-state index in [9.17, 15) is 0 Å². The Kier molecular flexibility index (Phi) is 4.43. The van der Waals surface area contributed by atoms with Crippen molar-refractivity contribution in [3.8, 4) is 22.8 Å². The van der Waals surface area contributed by atoms with Gasteiger partial charge in [0.2, 0.25) is 5.88 Å². The summed E-state index contributed by atoms with van der Waals surface area (Å²) in [6.45, 7) is 6.43. The number of hydrogen-bond donors (Lipinski definition) is 0. The van der Waals surface area contributed by atoms with Gasteiger partial charge in [-0.15, -0.1) is 11.3 Å². The second-order valence-electron chi connectivity index (χ2n) is 6.66. The third kappa shape index (κ3) is 3.08. The SMILES string of the molecule is Cc1ccc(C(C)C)cc1Oc1ncnc2scc(-c3ccccc3)c12. The molecule has 2 aromatic heterocycles. The third-order valence-electron chi connectivity index (χ3n) is 4.51. The number of rotatable bonds is 4. The first-order valence-corrected chi connectivity index (χ1v) is 9.57. The number of thiophene rings is 1. The van der Waals surface area contributed by atoms with Crippen LogP contribution in [0, 0.1) is 6.92 Å². The summed E-state index contributed by atoms with van der Waals surface area (Å²) < 4.78 is 6.29. The van der Waals surface area contributed by atoms with Crippen LogP contribution in [-0.2, 0) is 0 Å². The van der Waals surface area contributed by atoms with Gasteiger partial charge < -0.3 is 4.74 Å². The van der Waals surface area contributed by atoms with Crippen molar-refractivity contribution in [2.75, 3.05) is 0 Å². The Hall–Kier alpha value is -2.72. The zero-order valence-electron chi connectivity index (χ0n) is 15.1. The summed E-state index contributed by atoms with van der Waals surface area (Å²) in [7, 11) is 0. The highest BCUT2D eigenvalue weighted by molar-refractivity contribution is 7.17. The average molecular weight is 360 g/mol. The first-order chi connectivity index (χ1) is 12.6. The molecule has 0 bridgehead atoms. The molecule has 0 amide bonds. The van der Waals surface area contributed by atoms with Crippen LogP contribution in [0.25, 0.3) is 21.3 Å². The Bertz CT molecular complexity index is 1050. The van der Waals surface area contributed by atoms with Crippen molar-refractivity contribution in [1.29, 1.82) is 0 Å². The van der Waals surface area contributed by atoms with Gasteiger partial charge in [-0.1, -0.05) is 56.3 Å². The fourth-order valence-corrected chi connectivity index (χ4v) is 3.85. The van der Waals surface area contributed by atoms with Crippen LogP contribution in [0.3, 0.4) is 0 Å². The number of benzene rings is 2. The number of ether oxygens (including phenoxy) is 1. The maximum absolute atomic E-state index is 6.29. The van der Waals surface area contributed by atoms with E-state index in [1.165, 1.54) is 5.56 Å². The summed E-state index contributed by atoms with van der Waals surface area (Å²) in [5.41, 5.74) is 4.60. The van der Waals surface area contributed by atoms with E-state index in [0.717, 1.165) is 32.7 Å². The molecule has 4 aromatic rings. The Balaban J connectivity index is 1.83. The first-order valence-electron chi connectivity index (χ1n) is 8.69. The summed E-state index contributed by atoms with van der Waals surface area (Å²) in [6.07, 6.45) is 1.57. The average Bonchev–Trinajstić information content (AvgIpc) is 3.09. The predicted octanol–water partition coefficient (Wildman–Crippen LogP) is 6.58. The minimum Gasteiger partial charge on any atom is -0.438 e. The monoisotopic (exact) mass is 360 g/mol. The van der Waals surface area contributed by atoms with Crippen LogP contribution in [0.5, 0.6) is 11.6 Å². The van der Waals surface area contributed by atoms with Crippen LogP contribution in [0.1, 0.15) is 30.9 Å². The van der Waals surface area contributed by atoms with E-state index in [-0.39, 0.29) is 0 Å². The molecule has 0 unspecified atom stereocenters. The zero-order valence-corrected chi connectivity index (χ0v) is 15.9. The van der Waals surface area contributed by atoms with Gasteiger partial charge in [-0.05, 0) is 35.6 Å². The number of fused-ring (bicyclic) bond motifs is 1. The molecule has 0 fully saturated rings. The molecule has 0 N–H and O–H groups in total. The molecular formula is C22H20N2OS. The van der Waals surface area contributed by atoms with E-state index in [2.05, 4.69) is 66.5 Å². The van der Waals surface area contributed by atoms with Crippen molar-refractivity contribution in [3.05, 3.63) is 71.4 Å². The highest BCUT2D eigenvalue weighted by atomic mass is 32.1. The number of aryl methyl sites for hydroxylation is 1. The van der Waals surface area contributed by atoms with Crippen molar-refractivity contribution >= 4 is 21.6 Å². The molecule has 26 heavy (non-hydrogen) atoms. The van der Waals surface area contributed by atoms with E-state index < -0.39 is 0 Å². The van der Waals surface area contributed by atoms with Gasteiger partial charge in [0.1, 0.15) is 16.9 Å². The summed E-state index contributed by atoms with van der Waals surface area (Å²) >= 11 is 1.61. The third-order valence-corrected chi connectivity index (χ3v) is 5.39. The van der Waals surface area contributed by atoms with Gasteiger partial charge in [-0.2, -0.15) is 0 Å². The molecular weight excluding hydrogens is 340 g/mol. The van der Waals surface area contributed by atoms with Gasteiger partial charge in [0, 0.05) is 10.9 Å². The zero-order chi connectivity index (χ0) is 18.1. The maximum atomic E-state index is 6.29. The largest absolute Gasteiger partial charge is 0.438 e. The van der Waals surface area contributed by atoms with Crippen molar-refractivity contribution in [2.45, 2.75) is 26.7 Å². The summed E-state index contributed by atoms with van der Waals surface area (Å²) in [4.78, 5) is 9.81. The molecule has 0 spiro atoms. The molecule has 0 radical (unpaired) electrons. The van der Waals surface area contributed by atoms with Crippen molar-refractivity contribution < 1.29 is 4.74 Å². The molecule has 0 aliphatic heterocycles. The molecule has 2 aromatic carbocycles. The van der Waals surface area contributed by atoms with E-state index in [1.807, 2.05) is 18.2 Å². The van der Waals surface area contributed by atoms with Gasteiger partial charge in [0.15, 0.2) is 0 Å². The molecule has 130 valence electrons. The first kappa shape index (κ1) is 16.7. The quantitative estimate of drug-likeness (QED) is 0.412. The van der Waals surface area contributed by atoms with E-state index in [0.29, 0.717) is 11.8 Å². The van der Waals surface area contributed by atoms with Gasteiger partial charge in [-0.3, -0.25) is 0 Å². The fourth-order valence-electron chi connectivity index (χ4n) is 2.95. The smallest absolute Gasteiger partial charge is 0.231 e. The summed E-state index contributed by atoms with van der Waals surface area (Å²) in [5, 5.41) is 3.09. The minimum atomic E-state index is 0.449. The molecule has 4 rings (SSSR count). The van der Waals surface area contributed by atoms with Crippen LogP contribution < -0.4 is 4.74 Å². The van der Waals surface area contributed by atoms with Crippen molar-refractivity contribution in [2.24, 2.45) is 0 Å². The standard InChI is InChI=1S/C22H20N2OS/c1-14(2)17-10-9-15(3)19(11-17)25-21-20-18(16-7-5-4-6-8-16)12-26-22(20)24-13-23-21/h4-14H,1-3H3. The molecule has 3 nitrogen and oxygen atoms in total. The van der Waals surface area contributed by atoms with Gasteiger partial charge in [0.05, 0.1) is 5.39 Å². The topological polar surface area (TPSA) is 35.0 Å². The van der Waals surface area contributed by atoms with Gasteiger partial charge in [-0.25, -0.2) is 9.97 Å². The van der Waals surface area contributed by atoms with Crippen molar-refractivity contribution in [1.82, 2.24) is 9.97 Å². The lowest BCUT2D eigenvalue weighted by Crippen LogP contribution is -1.95. The normalized spacial score (nSPS) is 11.2. The summed E-state index contributed by atoms with van der Waals surface area (Å²) in [6, 6.07) is 16.7. The Morgan fingerprint density at radius 2 is 1.81 bits per heavy atom. The van der Waals surface area contributed by atoms with E-state index in [1.54, 1.807) is 17.7 Å². The Labute approximate surface area is 157 Å². The molecule has 0 aliphatic carbocycles. The molecule has 0 saturated carbocycles. The lowest BCUT2D eigenvalue weighted by molar-refractivity contribution is 0.464. The maximum Gasteiger partial charge on any atom is 0.231 e. The number of nitrogens with zero attached hydrogens (tertiary/aromatic N) is 2. The number of hydrogen-bond acceptors (Lipinski definition) is 4. The van der Waals surface area contributed by atoms with E-state index in [4.69, 9.17) is 4.74 Å². The molecule has 0 atom stereocenters. The molecule has 4 heteroatoms. The van der Waals surface area contributed by atoms with Crippen LogP contribution >= 0.6 is 11.3 Å². The second-order valence-corrected chi connectivity index (χ2v) is 7.51. The lowest BCUT2D eigenvalue weighted by Gasteiger charge is -2.13. The van der Waals surface area contributed by atoms with Crippen LogP contribution in [0.15, 0.2) is 60.2 Å². The summed E-state index contributed by atoms with van der Waals surface area (Å²) in [5.74, 6) is 1.91. The van der Waals surface area contributed by atoms with Crippen LogP contribution in [0.2, 0.25) is 0 Å². The Morgan fingerprint density at radius 3 is 2.58 bits per heavy atom. The predicted molar refractivity (Wildman–Crippen MR) is 108 cm³/mol. The molecule has 2 heterocycles. The molecule has 0 aliphatic rings. The lowest BCUT2D eigenvalue weighted by atomic mass is 10.0. The van der Waals surface area contributed by atoms with Crippen LogP contribution in [-0.4, -0.2) is 9.97 Å². The van der Waals surface area contributed by atoms with E-state index >= 15 is 0 Å². The van der Waals surface area contributed by atoms with Gasteiger partial charge in [0.25, 0.3) is 0 Å². The highest BCUT2D eigenvalue weighted by Crippen LogP contribution is 2.39. The fraction of sp³-hybridized carbons (Fsp3) is 0.182. The minimum absolute atomic E-state index is 0.449. The highest BCUT2D eigenvalue weighted by Gasteiger charge is 2.16. The van der Waals surface area contributed by atoms with Crippen LogP contribution in [0.4, 0.5) is 0 Å². The Morgan fingerprint density at radius 1 is 1.00 bits per heavy atom. The molecule has 0 saturated heterocycles. The second kappa shape index (κ2) is 6.89. The van der Waals surface area contributed by atoms with Gasteiger partial charge >= 0.3 is 0 Å². The number of aromatic nitrogens is 2. The van der Waals surface area contributed by atoms with Crippen molar-refractivity contribution in [3.63, 3.8) is 0 Å².